The molecule has 1 aliphatic rings. The Morgan fingerprint density at radius 2 is 2.00 bits per heavy atom. The van der Waals surface area contributed by atoms with Crippen molar-refractivity contribution in [2.75, 3.05) is 19.6 Å². The van der Waals surface area contributed by atoms with Crippen LogP contribution in [0.15, 0.2) is 0 Å². The molecular formula is C16H32N2O. The fraction of sp³-hybridized carbons (Fsp3) is 0.938. The third-order valence-corrected chi connectivity index (χ3v) is 4.54. The van der Waals surface area contributed by atoms with E-state index in [0.29, 0.717) is 17.8 Å². The first-order valence-corrected chi connectivity index (χ1v) is 8.07. The van der Waals surface area contributed by atoms with Gasteiger partial charge in [-0.3, -0.25) is 4.79 Å². The molecule has 19 heavy (non-hydrogen) atoms. The van der Waals surface area contributed by atoms with Crippen LogP contribution < -0.4 is 10.6 Å². The van der Waals surface area contributed by atoms with Gasteiger partial charge in [-0.25, -0.2) is 0 Å². The summed E-state index contributed by atoms with van der Waals surface area (Å²) in [6.45, 7) is 9.72. The van der Waals surface area contributed by atoms with Gasteiger partial charge in [0.25, 0.3) is 0 Å². The molecule has 0 saturated carbocycles. The van der Waals surface area contributed by atoms with E-state index in [1.54, 1.807) is 0 Å². The van der Waals surface area contributed by atoms with Gasteiger partial charge in [0.2, 0.25) is 5.91 Å². The minimum atomic E-state index is 0.253. The minimum Gasteiger partial charge on any atom is -0.356 e. The van der Waals surface area contributed by atoms with Crippen molar-refractivity contribution >= 4 is 5.91 Å². The molecule has 3 heteroatoms. The molecule has 112 valence electrons. The van der Waals surface area contributed by atoms with Gasteiger partial charge in [0.05, 0.1) is 0 Å². The summed E-state index contributed by atoms with van der Waals surface area (Å²) >= 11 is 0. The van der Waals surface area contributed by atoms with Gasteiger partial charge >= 0.3 is 0 Å². The zero-order valence-corrected chi connectivity index (χ0v) is 13.1. The van der Waals surface area contributed by atoms with Gasteiger partial charge in [0, 0.05) is 13.0 Å². The van der Waals surface area contributed by atoms with Gasteiger partial charge in [-0.05, 0) is 43.7 Å². The summed E-state index contributed by atoms with van der Waals surface area (Å²) in [5.74, 6) is 0.823. The van der Waals surface area contributed by atoms with Crippen molar-refractivity contribution in [1.29, 1.82) is 0 Å². The third-order valence-electron chi connectivity index (χ3n) is 4.54. The first-order valence-electron chi connectivity index (χ1n) is 8.07. The van der Waals surface area contributed by atoms with Crippen LogP contribution in [-0.4, -0.2) is 25.5 Å². The maximum atomic E-state index is 12.0. The van der Waals surface area contributed by atoms with E-state index in [4.69, 9.17) is 0 Å². The number of hydrogen-bond donors (Lipinski definition) is 2. The molecule has 1 heterocycles. The minimum absolute atomic E-state index is 0.253. The summed E-state index contributed by atoms with van der Waals surface area (Å²) in [6.07, 6.45) is 7.83. The summed E-state index contributed by atoms with van der Waals surface area (Å²) in [6, 6.07) is 0. The van der Waals surface area contributed by atoms with Crippen molar-refractivity contribution in [2.45, 2.75) is 65.7 Å². The third kappa shape index (κ3) is 6.42. The molecule has 2 N–H and O–H groups in total. The maximum absolute atomic E-state index is 12.0. The number of carbonyl (C=O) groups excluding carboxylic acids is 1. The predicted octanol–water partition coefficient (Wildman–Crippen LogP) is 3.10. The summed E-state index contributed by atoms with van der Waals surface area (Å²) in [7, 11) is 0. The molecule has 1 aliphatic heterocycles. The van der Waals surface area contributed by atoms with E-state index >= 15 is 0 Å². The van der Waals surface area contributed by atoms with Crippen LogP contribution in [0.4, 0.5) is 0 Å². The number of hydrogen-bond acceptors (Lipinski definition) is 2. The van der Waals surface area contributed by atoms with Gasteiger partial charge in [-0.2, -0.15) is 0 Å². The summed E-state index contributed by atoms with van der Waals surface area (Å²) in [5, 5.41) is 6.55. The van der Waals surface area contributed by atoms with Gasteiger partial charge in [-0.1, -0.05) is 40.0 Å². The highest BCUT2D eigenvalue weighted by Gasteiger charge is 2.27. The molecule has 0 spiro atoms. The molecule has 1 rings (SSSR count). The second kappa shape index (κ2) is 8.57. The highest BCUT2D eigenvalue weighted by atomic mass is 16.1. The topological polar surface area (TPSA) is 41.1 Å². The Morgan fingerprint density at radius 1 is 1.32 bits per heavy atom. The Hall–Kier alpha value is -0.570. The summed E-state index contributed by atoms with van der Waals surface area (Å²) in [4.78, 5) is 12.0. The number of amides is 1. The van der Waals surface area contributed by atoms with Gasteiger partial charge < -0.3 is 10.6 Å². The zero-order valence-electron chi connectivity index (χ0n) is 13.1. The van der Waals surface area contributed by atoms with Crippen molar-refractivity contribution in [1.82, 2.24) is 10.6 Å². The van der Waals surface area contributed by atoms with E-state index in [0.717, 1.165) is 26.1 Å². The number of rotatable bonds is 8. The molecular weight excluding hydrogens is 236 g/mol. The van der Waals surface area contributed by atoms with E-state index in [1.165, 1.54) is 32.1 Å². The Morgan fingerprint density at radius 3 is 2.58 bits per heavy atom. The molecule has 0 aromatic rings. The molecule has 0 radical (unpaired) electrons. The van der Waals surface area contributed by atoms with E-state index in [9.17, 15) is 4.79 Å². The Balaban J connectivity index is 2.25. The van der Waals surface area contributed by atoms with Crippen LogP contribution in [0, 0.1) is 11.3 Å². The van der Waals surface area contributed by atoms with Crippen LogP contribution in [0.5, 0.6) is 0 Å². The Bertz CT molecular complexity index is 259. The maximum Gasteiger partial charge on any atom is 0.220 e. The van der Waals surface area contributed by atoms with E-state index < -0.39 is 0 Å². The molecule has 1 saturated heterocycles. The lowest BCUT2D eigenvalue weighted by Crippen LogP contribution is -2.43. The molecule has 1 fully saturated rings. The molecule has 0 aromatic heterocycles. The normalized spacial score (nSPS) is 19.9. The molecule has 3 nitrogen and oxygen atoms in total. The predicted molar refractivity (Wildman–Crippen MR) is 81.1 cm³/mol. The van der Waals surface area contributed by atoms with Crippen LogP contribution in [0.2, 0.25) is 0 Å². The first kappa shape index (κ1) is 16.5. The van der Waals surface area contributed by atoms with Crippen LogP contribution in [0.3, 0.4) is 0 Å². The quantitative estimate of drug-likeness (QED) is 0.710. The van der Waals surface area contributed by atoms with E-state index in [1.807, 2.05) is 0 Å². The second-order valence-electron chi connectivity index (χ2n) is 6.46. The number of carbonyl (C=O) groups is 1. The van der Waals surface area contributed by atoms with Crippen LogP contribution in [-0.2, 0) is 4.79 Å². The highest BCUT2D eigenvalue weighted by Crippen LogP contribution is 2.26. The van der Waals surface area contributed by atoms with E-state index in [-0.39, 0.29) is 5.91 Å². The Labute approximate surface area is 118 Å². The van der Waals surface area contributed by atoms with Crippen molar-refractivity contribution in [3.63, 3.8) is 0 Å². The second-order valence-corrected chi connectivity index (χ2v) is 6.46. The smallest absolute Gasteiger partial charge is 0.220 e. The number of unbranched alkanes of at least 4 members (excludes halogenated alkanes) is 1. The number of piperidine rings is 1. The average Bonchev–Trinajstić information content (AvgIpc) is 2.42. The lowest BCUT2D eigenvalue weighted by molar-refractivity contribution is -0.122. The SMILES string of the molecule is CCCCC(CC)CC(=O)NCC1(C)CCNCC1. The van der Waals surface area contributed by atoms with Crippen molar-refractivity contribution in [2.24, 2.45) is 11.3 Å². The van der Waals surface area contributed by atoms with Gasteiger partial charge in [-0.15, -0.1) is 0 Å². The van der Waals surface area contributed by atoms with Crippen molar-refractivity contribution in [3.05, 3.63) is 0 Å². The standard InChI is InChI=1S/C16H32N2O/c1-4-6-7-14(5-2)12-15(19)18-13-16(3)8-10-17-11-9-16/h14,17H,4-13H2,1-3H3,(H,18,19). The van der Waals surface area contributed by atoms with Crippen molar-refractivity contribution in [3.8, 4) is 0 Å². The molecule has 1 unspecified atom stereocenters. The summed E-state index contributed by atoms with van der Waals surface area (Å²) in [5.41, 5.74) is 0.298. The molecule has 1 atom stereocenters. The first-order chi connectivity index (χ1) is 9.09. The Kier molecular flexibility index (Phi) is 7.44. The van der Waals surface area contributed by atoms with Crippen LogP contribution >= 0.6 is 0 Å². The molecule has 1 amide bonds. The average molecular weight is 268 g/mol. The number of nitrogens with one attached hydrogen (secondary N) is 2. The summed E-state index contributed by atoms with van der Waals surface area (Å²) < 4.78 is 0. The van der Waals surface area contributed by atoms with Crippen LogP contribution in [0.25, 0.3) is 0 Å². The lowest BCUT2D eigenvalue weighted by atomic mass is 9.81. The van der Waals surface area contributed by atoms with Gasteiger partial charge in [0.15, 0.2) is 0 Å². The fourth-order valence-electron chi connectivity index (χ4n) is 2.80. The highest BCUT2D eigenvalue weighted by molar-refractivity contribution is 5.76. The largest absolute Gasteiger partial charge is 0.356 e. The van der Waals surface area contributed by atoms with Gasteiger partial charge in [0.1, 0.15) is 0 Å². The molecule has 0 bridgehead atoms. The zero-order chi connectivity index (χ0) is 14.1. The van der Waals surface area contributed by atoms with Crippen LogP contribution in [0.1, 0.15) is 65.7 Å². The van der Waals surface area contributed by atoms with Crippen molar-refractivity contribution < 1.29 is 4.79 Å². The fourth-order valence-corrected chi connectivity index (χ4v) is 2.80. The lowest BCUT2D eigenvalue weighted by Gasteiger charge is -2.34. The molecule has 0 aliphatic carbocycles. The monoisotopic (exact) mass is 268 g/mol. The molecule has 0 aromatic carbocycles. The van der Waals surface area contributed by atoms with E-state index in [2.05, 4.69) is 31.4 Å².